The predicted octanol–water partition coefficient (Wildman–Crippen LogP) is 1.89. The van der Waals surface area contributed by atoms with E-state index >= 15 is 0 Å². The van der Waals surface area contributed by atoms with Gasteiger partial charge in [0.15, 0.2) is 0 Å². The fraction of sp³-hybridized carbons (Fsp3) is 0.684. The van der Waals surface area contributed by atoms with Crippen LogP contribution in [0.3, 0.4) is 0 Å². The lowest BCUT2D eigenvalue weighted by Crippen LogP contribution is -2.34. The van der Waals surface area contributed by atoms with Gasteiger partial charge in [-0.3, -0.25) is 14.2 Å². The number of hydrogen-bond acceptors (Lipinski definition) is 10. The summed E-state index contributed by atoms with van der Waals surface area (Å²) in [6.45, 7) is 5.55. The molecule has 1 aromatic carbocycles. The van der Waals surface area contributed by atoms with E-state index in [0.717, 1.165) is 16.8 Å². The number of fused-ring (bicyclic) bond motifs is 1. The van der Waals surface area contributed by atoms with Crippen molar-refractivity contribution in [3.05, 3.63) is 39.1 Å². The smallest absolute Gasteiger partial charge is 0.270 e. The maximum atomic E-state index is 12.8. The minimum Gasteiger partial charge on any atom is -0.619 e. The molecule has 0 aromatic heterocycles. The molecule has 184 valence electrons. The van der Waals surface area contributed by atoms with E-state index in [1.165, 1.54) is 12.1 Å². The van der Waals surface area contributed by atoms with Crippen LogP contribution in [-0.2, 0) is 30.2 Å². The number of nitro groups is 1. The van der Waals surface area contributed by atoms with Crippen LogP contribution in [0.2, 0.25) is 0 Å². The Morgan fingerprint density at radius 1 is 0.906 bits per heavy atom. The summed E-state index contributed by atoms with van der Waals surface area (Å²) in [5.74, 6) is 0. The maximum Gasteiger partial charge on any atom is 0.270 e. The number of nitro benzene ring substituents is 1. The van der Waals surface area contributed by atoms with Gasteiger partial charge in [-0.1, -0.05) is 0 Å². The zero-order valence-electron chi connectivity index (χ0n) is 18.0. The molecule has 0 saturated carbocycles. The van der Waals surface area contributed by atoms with E-state index in [-0.39, 0.29) is 31.2 Å². The molecule has 0 spiro atoms. The summed E-state index contributed by atoms with van der Waals surface area (Å²) in [5, 5.41) is 23.6. The molecule has 2 N–H and O–H groups in total. The molecule has 1 aromatic rings. The predicted molar refractivity (Wildman–Crippen MR) is 122 cm³/mol. The Labute approximate surface area is 198 Å². The third-order valence-electron chi connectivity index (χ3n) is 4.26. The van der Waals surface area contributed by atoms with E-state index < -0.39 is 8.97 Å². The van der Waals surface area contributed by atoms with Gasteiger partial charge in [-0.15, -0.1) is 12.4 Å². The zero-order chi connectivity index (χ0) is 22.4. The van der Waals surface area contributed by atoms with Crippen molar-refractivity contribution >= 4 is 30.0 Å². The van der Waals surface area contributed by atoms with Crippen molar-refractivity contribution in [2.45, 2.75) is 11.4 Å². The number of hydrogen-bond donors (Lipinski definition) is 1. The van der Waals surface area contributed by atoms with Crippen molar-refractivity contribution in [3.8, 4) is 0 Å². The zero-order valence-corrected chi connectivity index (χ0v) is 19.6. The molecule has 32 heavy (non-hydrogen) atoms. The molecule has 0 radical (unpaired) electrons. The van der Waals surface area contributed by atoms with Crippen molar-refractivity contribution in [1.29, 1.82) is 0 Å². The molecule has 0 amide bonds. The highest BCUT2D eigenvalue weighted by Crippen LogP contribution is 2.43. The van der Waals surface area contributed by atoms with Gasteiger partial charge in [-0.2, -0.15) is 0 Å². The van der Waals surface area contributed by atoms with E-state index in [1.54, 1.807) is 6.07 Å². The summed E-state index contributed by atoms with van der Waals surface area (Å²) in [7, 11) is 0. The van der Waals surface area contributed by atoms with E-state index in [4.69, 9.17) is 29.4 Å². The monoisotopic (exact) mass is 497 g/mol. The number of non-ortho nitro benzene ring substituents is 1. The van der Waals surface area contributed by atoms with Crippen LogP contribution in [0.15, 0.2) is 23.1 Å². The molecule has 1 heterocycles. The van der Waals surface area contributed by atoms with Gasteiger partial charge < -0.3 is 34.6 Å². The van der Waals surface area contributed by atoms with Gasteiger partial charge >= 0.3 is 0 Å². The quantitative estimate of drug-likeness (QED) is 0.0798. The van der Waals surface area contributed by atoms with Crippen LogP contribution in [0.1, 0.15) is 5.56 Å². The molecule has 1 atom stereocenters. The lowest BCUT2D eigenvalue weighted by Gasteiger charge is -2.34. The van der Waals surface area contributed by atoms with Crippen molar-refractivity contribution in [2.24, 2.45) is 5.73 Å². The van der Waals surface area contributed by atoms with E-state index in [2.05, 4.69) is 0 Å². The van der Waals surface area contributed by atoms with Crippen LogP contribution in [-0.4, -0.2) is 88.1 Å². The maximum absolute atomic E-state index is 12.8. The standard InChI is InChI=1S/C19H31N3O8S.ClH/c20-3-5-26-7-9-28-11-13-30-14-12-29-10-8-27-6-4-22(25)16-17-15-18(21(23)24)1-2-19(17)31-22;/h1-2,15H,3-14,16,20H2;1H. The van der Waals surface area contributed by atoms with Crippen molar-refractivity contribution in [2.75, 3.05) is 79.2 Å². The van der Waals surface area contributed by atoms with Gasteiger partial charge in [0.2, 0.25) is 0 Å². The Hall–Kier alpha value is -1.06. The second-order valence-corrected chi connectivity index (χ2v) is 7.98. The lowest BCUT2D eigenvalue weighted by molar-refractivity contribution is -0.753. The van der Waals surface area contributed by atoms with Crippen molar-refractivity contribution < 1.29 is 32.7 Å². The van der Waals surface area contributed by atoms with Gasteiger partial charge in [-0.05, 0) is 6.07 Å². The SMILES string of the molecule is Cl.NCCOCCOCCOCCOCCOCC[N+]1([O-])Cc2cc([N+](=O)[O-])ccc2S1. The number of rotatable bonds is 18. The fourth-order valence-electron chi connectivity index (χ4n) is 2.76. The fourth-order valence-corrected chi connectivity index (χ4v) is 3.85. The molecular formula is C19H32ClN3O8S. The number of ether oxygens (including phenoxy) is 5. The summed E-state index contributed by atoms with van der Waals surface area (Å²) >= 11 is 1.16. The van der Waals surface area contributed by atoms with Crippen LogP contribution in [0.5, 0.6) is 0 Å². The van der Waals surface area contributed by atoms with Crippen molar-refractivity contribution in [3.63, 3.8) is 0 Å². The van der Waals surface area contributed by atoms with Gasteiger partial charge in [0.05, 0.1) is 75.9 Å². The van der Waals surface area contributed by atoms with E-state index in [0.29, 0.717) is 78.2 Å². The highest BCUT2D eigenvalue weighted by atomic mass is 35.5. The molecule has 2 rings (SSSR count). The van der Waals surface area contributed by atoms with Gasteiger partial charge in [0, 0.05) is 24.2 Å². The second kappa shape index (κ2) is 16.5. The summed E-state index contributed by atoms with van der Waals surface area (Å²) in [6, 6.07) is 4.53. The Bertz CT molecular complexity index is 675. The van der Waals surface area contributed by atoms with Gasteiger partial charge in [-0.25, -0.2) is 0 Å². The highest BCUT2D eigenvalue weighted by Gasteiger charge is 2.32. The number of hydroxylamine groups is 2. The number of benzene rings is 1. The second-order valence-electron chi connectivity index (χ2n) is 6.69. The summed E-state index contributed by atoms with van der Waals surface area (Å²) in [5.41, 5.74) is 6.02. The van der Waals surface area contributed by atoms with E-state index in [9.17, 15) is 15.3 Å². The average Bonchev–Trinajstić information content (AvgIpc) is 3.08. The van der Waals surface area contributed by atoms with E-state index in [1.807, 2.05) is 0 Å². The average molecular weight is 498 g/mol. The third kappa shape index (κ3) is 11.2. The molecular weight excluding hydrogens is 466 g/mol. The number of nitrogens with two attached hydrogens (primary N) is 1. The first-order valence-electron chi connectivity index (χ1n) is 10.2. The molecule has 1 aliphatic heterocycles. The third-order valence-corrected chi connectivity index (χ3v) is 5.50. The number of nitrogens with zero attached hydrogens (tertiary/aromatic N) is 2. The summed E-state index contributed by atoms with van der Waals surface area (Å²) < 4.78 is 26.2. The molecule has 0 aliphatic carbocycles. The Kier molecular flexibility index (Phi) is 15.0. The van der Waals surface area contributed by atoms with Crippen molar-refractivity contribution in [1.82, 2.24) is 0 Å². The summed E-state index contributed by atoms with van der Waals surface area (Å²) in [6.07, 6.45) is 0. The highest BCUT2D eigenvalue weighted by molar-refractivity contribution is 7.94. The molecule has 0 bridgehead atoms. The molecule has 1 aliphatic rings. The molecule has 11 nitrogen and oxygen atoms in total. The lowest BCUT2D eigenvalue weighted by atomic mass is 10.2. The van der Waals surface area contributed by atoms with Crippen LogP contribution < -0.4 is 5.73 Å². The van der Waals surface area contributed by atoms with Crippen LogP contribution >= 0.6 is 24.4 Å². The topological polar surface area (TPSA) is 138 Å². The van der Waals surface area contributed by atoms with Crippen LogP contribution in [0, 0.1) is 15.3 Å². The first-order chi connectivity index (χ1) is 15.0. The normalized spacial score (nSPS) is 17.2. The number of quaternary nitrogens is 1. The molecule has 1 unspecified atom stereocenters. The first kappa shape index (κ1) is 29.0. The Balaban J connectivity index is 0.00000512. The number of halogens is 1. The van der Waals surface area contributed by atoms with Crippen LogP contribution in [0.25, 0.3) is 0 Å². The Morgan fingerprint density at radius 3 is 1.91 bits per heavy atom. The van der Waals surface area contributed by atoms with Gasteiger partial charge in [0.25, 0.3) is 5.69 Å². The minimum absolute atomic E-state index is 0. The molecule has 0 fully saturated rings. The van der Waals surface area contributed by atoms with Crippen LogP contribution in [0.4, 0.5) is 5.69 Å². The molecule has 0 saturated heterocycles. The minimum atomic E-state index is -0.535. The van der Waals surface area contributed by atoms with Gasteiger partial charge in [0.1, 0.15) is 25.0 Å². The first-order valence-corrected chi connectivity index (χ1v) is 11.0. The Morgan fingerprint density at radius 2 is 1.41 bits per heavy atom. The summed E-state index contributed by atoms with van der Waals surface area (Å²) in [4.78, 5) is 11.2. The largest absolute Gasteiger partial charge is 0.619 e. The molecule has 13 heteroatoms.